The van der Waals surface area contributed by atoms with Crippen LogP contribution in [0.15, 0.2) is 28.5 Å². The average molecular weight is 372 g/mol. The maximum Gasteiger partial charge on any atom is 0.266 e. The van der Waals surface area contributed by atoms with Crippen LogP contribution in [-0.4, -0.2) is 8.42 Å². The average Bonchev–Trinajstić information content (AvgIpc) is 2.75. The van der Waals surface area contributed by atoms with E-state index in [0.29, 0.717) is 5.02 Å². The van der Waals surface area contributed by atoms with Crippen LogP contribution >= 0.6 is 46.1 Å². The number of hydrazine groups is 1. The molecular formula is C11H9Cl3N2O2S2. The van der Waals surface area contributed by atoms with E-state index in [1.807, 2.05) is 6.92 Å². The van der Waals surface area contributed by atoms with Crippen molar-refractivity contribution >= 4 is 61.9 Å². The molecule has 20 heavy (non-hydrogen) atoms. The molecule has 2 aromatic rings. The molecule has 0 bridgehead atoms. The van der Waals surface area contributed by atoms with Crippen molar-refractivity contribution < 1.29 is 8.42 Å². The molecule has 1 aromatic carbocycles. The van der Waals surface area contributed by atoms with E-state index < -0.39 is 10.0 Å². The Morgan fingerprint density at radius 1 is 1.10 bits per heavy atom. The second-order valence-electron chi connectivity index (χ2n) is 3.84. The highest BCUT2D eigenvalue weighted by atomic mass is 35.5. The monoisotopic (exact) mass is 370 g/mol. The van der Waals surface area contributed by atoms with E-state index in [0.717, 1.165) is 16.2 Å². The van der Waals surface area contributed by atoms with Gasteiger partial charge in [0.1, 0.15) is 4.21 Å². The maximum atomic E-state index is 12.0. The molecule has 0 saturated heterocycles. The minimum Gasteiger partial charge on any atom is -0.305 e. The van der Waals surface area contributed by atoms with Crippen molar-refractivity contribution in [2.75, 3.05) is 5.43 Å². The van der Waals surface area contributed by atoms with Gasteiger partial charge in [-0.1, -0.05) is 34.8 Å². The van der Waals surface area contributed by atoms with Crippen molar-refractivity contribution in [3.63, 3.8) is 0 Å². The molecule has 0 aliphatic heterocycles. The zero-order valence-corrected chi connectivity index (χ0v) is 14.0. The van der Waals surface area contributed by atoms with E-state index in [9.17, 15) is 8.42 Å². The van der Waals surface area contributed by atoms with Crippen LogP contribution in [0.3, 0.4) is 0 Å². The third kappa shape index (κ3) is 3.58. The number of anilines is 1. The Kier molecular flexibility index (Phi) is 4.84. The van der Waals surface area contributed by atoms with E-state index >= 15 is 0 Å². The van der Waals surface area contributed by atoms with E-state index in [-0.39, 0.29) is 19.9 Å². The lowest BCUT2D eigenvalue weighted by atomic mass is 10.3. The van der Waals surface area contributed by atoms with Crippen LogP contribution in [0.2, 0.25) is 15.1 Å². The number of sulfonamides is 1. The van der Waals surface area contributed by atoms with Gasteiger partial charge in [-0.15, -0.1) is 16.2 Å². The number of hydrogen-bond acceptors (Lipinski definition) is 4. The lowest BCUT2D eigenvalue weighted by Gasteiger charge is -2.11. The first-order chi connectivity index (χ1) is 9.29. The molecule has 1 aromatic heterocycles. The van der Waals surface area contributed by atoms with Crippen LogP contribution < -0.4 is 10.3 Å². The van der Waals surface area contributed by atoms with E-state index in [2.05, 4.69) is 10.3 Å². The van der Waals surface area contributed by atoms with Crippen molar-refractivity contribution in [2.45, 2.75) is 11.1 Å². The van der Waals surface area contributed by atoms with Gasteiger partial charge in [0.05, 0.1) is 15.7 Å². The second-order valence-corrected chi connectivity index (χ2v) is 8.29. The first kappa shape index (κ1) is 15.9. The molecule has 0 aliphatic carbocycles. The van der Waals surface area contributed by atoms with Crippen molar-refractivity contribution in [2.24, 2.45) is 0 Å². The maximum absolute atomic E-state index is 12.0. The standard InChI is InChI=1S/C11H9Cl3N2O2S2/c1-6-2-3-10(19-6)20(17,18)16-15-11-8(13)4-7(12)5-9(11)14/h2-5,15-16H,1H3. The lowest BCUT2D eigenvalue weighted by Crippen LogP contribution is -2.29. The summed E-state index contributed by atoms with van der Waals surface area (Å²) in [5, 5.41) is 0.794. The van der Waals surface area contributed by atoms with Crippen molar-refractivity contribution in [3.8, 4) is 0 Å². The van der Waals surface area contributed by atoms with Gasteiger partial charge in [0.15, 0.2) is 0 Å². The SMILES string of the molecule is Cc1ccc(S(=O)(=O)NNc2c(Cl)cc(Cl)cc2Cl)s1. The van der Waals surface area contributed by atoms with Crippen LogP contribution in [0.5, 0.6) is 0 Å². The van der Waals surface area contributed by atoms with E-state index in [4.69, 9.17) is 34.8 Å². The summed E-state index contributed by atoms with van der Waals surface area (Å²) in [4.78, 5) is 3.12. The van der Waals surface area contributed by atoms with Crippen LogP contribution in [0.25, 0.3) is 0 Å². The zero-order chi connectivity index (χ0) is 14.9. The van der Waals surface area contributed by atoms with Gasteiger partial charge in [0.2, 0.25) is 0 Å². The molecule has 4 nitrogen and oxygen atoms in total. The molecule has 2 N–H and O–H groups in total. The van der Waals surface area contributed by atoms with Crippen LogP contribution in [0, 0.1) is 6.92 Å². The van der Waals surface area contributed by atoms with E-state index in [1.165, 1.54) is 18.2 Å². The fourth-order valence-corrected chi connectivity index (χ4v) is 4.43. The number of benzene rings is 1. The highest BCUT2D eigenvalue weighted by Gasteiger charge is 2.17. The molecule has 9 heteroatoms. The topological polar surface area (TPSA) is 58.2 Å². The minimum absolute atomic E-state index is 0.198. The van der Waals surface area contributed by atoms with Gasteiger partial charge in [-0.25, -0.2) is 8.42 Å². The van der Waals surface area contributed by atoms with Gasteiger partial charge in [-0.3, -0.25) is 0 Å². The Balaban J connectivity index is 2.21. The number of aryl methyl sites for hydroxylation is 1. The molecule has 1 heterocycles. The van der Waals surface area contributed by atoms with Gasteiger partial charge in [0, 0.05) is 9.90 Å². The highest BCUT2D eigenvalue weighted by molar-refractivity contribution is 7.91. The third-order valence-electron chi connectivity index (χ3n) is 2.30. The molecule has 0 spiro atoms. The van der Waals surface area contributed by atoms with Gasteiger partial charge in [0.25, 0.3) is 10.0 Å². The number of rotatable bonds is 4. The second kappa shape index (κ2) is 6.09. The Hall–Kier alpha value is -0.500. The number of hydrogen-bond donors (Lipinski definition) is 2. The molecule has 2 rings (SSSR count). The third-order valence-corrected chi connectivity index (χ3v) is 5.85. The summed E-state index contributed by atoms with van der Waals surface area (Å²) in [5.74, 6) is 0. The first-order valence-electron chi connectivity index (χ1n) is 5.28. The summed E-state index contributed by atoms with van der Waals surface area (Å²) in [5.41, 5.74) is 2.75. The number of nitrogens with one attached hydrogen (secondary N) is 2. The molecule has 0 atom stereocenters. The van der Waals surface area contributed by atoms with Crippen molar-refractivity contribution in [3.05, 3.63) is 44.2 Å². The van der Waals surface area contributed by atoms with Crippen LogP contribution in [0.4, 0.5) is 5.69 Å². The Morgan fingerprint density at radius 2 is 1.70 bits per heavy atom. The fraction of sp³-hybridized carbons (Fsp3) is 0.0909. The largest absolute Gasteiger partial charge is 0.305 e. The van der Waals surface area contributed by atoms with Gasteiger partial charge in [-0.05, 0) is 31.2 Å². The number of thiophene rings is 1. The molecule has 0 fully saturated rings. The Bertz CT molecular complexity index is 721. The van der Waals surface area contributed by atoms with Crippen LogP contribution in [0.1, 0.15) is 4.88 Å². The zero-order valence-electron chi connectivity index (χ0n) is 10.1. The summed E-state index contributed by atoms with van der Waals surface area (Å²) in [6.45, 7) is 1.82. The fourth-order valence-electron chi connectivity index (χ4n) is 1.39. The van der Waals surface area contributed by atoms with E-state index in [1.54, 1.807) is 6.07 Å². The molecule has 0 radical (unpaired) electrons. The van der Waals surface area contributed by atoms with Gasteiger partial charge < -0.3 is 5.43 Å². The highest BCUT2D eigenvalue weighted by Crippen LogP contribution is 2.33. The predicted molar refractivity (Wildman–Crippen MR) is 84.5 cm³/mol. The smallest absolute Gasteiger partial charge is 0.266 e. The quantitative estimate of drug-likeness (QED) is 0.787. The first-order valence-corrected chi connectivity index (χ1v) is 8.72. The predicted octanol–water partition coefficient (Wildman–Crippen LogP) is 4.32. The summed E-state index contributed by atoms with van der Waals surface area (Å²) < 4.78 is 24.3. The lowest BCUT2D eigenvalue weighted by molar-refractivity contribution is 0.590. The molecule has 0 amide bonds. The van der Waals surface area contributed by atoms with Crippen molar-refractivity contribution in [1.29, 1.82) is 0 Å². The van der Waals surface area contributed by atoms with Crippen molar-refractivity contribution in [1.82, 2.24) is 4.83 Å². The summed E-state index contributed by atoms with van der Waals surface area (Å²) in [6, 6.07) is 6.17. The normalized spacial score (nSPS) is 11.6. The summed E-state index contributed by atoms with van der Waals surface area (Å²) in [6.07, 6.45) is 0. The van der Waals surface area contributed by atoms with Gasteiger partial charge in [-0.2, -0.15) is 0 Å². The van der Waals surface area contributed by atoms with Gasteiger partial charge >= 0.3 is 0 Å². The molecular weight excluding hydrogens is 363 g/mol. The molecule has 0 saturated carbocycles. The number of halogens is 3. The van der Waals surface area contributed by atoms with Crippen LogP contribution in [-0.2, 0) is 10.0 Å². The minimum atomic E-state index is -3.67. The Morgan fingerprint density at radius 3 is 2.20 bits per heavy atom. The molecule has 0 aliphatic rings. The molecule has 108 valence electrons. The Labute approximate surface area is 135 Å². The molecule has 0 unspecified atom stereocenters. The summed E-state index contributed by atoms with van der Waals surface area (Å²) in [7, 11) is -3.67. The summed E-state index contributed by atoms with van der Waals surface area (Å²) >= 11 is 18.8.